The second-order valence-corrected chi connectivity index (χ2v) is 6.74. The van der Waals surface area contributed by atoms with Gasteiger partial charge in [-0.3, -0.25) is 4.79 Å². The predicted molar refractivity (Wildman–Crippen MR) is 89.3 cm³/mol. The molecule has 0 aliphatic carbocycles. The van der Waals surface area contributed by atoms with Gasteiger partial charge in [-0.15, -0.1) is 11.8 Å². The van der Waals surface area contributed by atoms with Crippen molar-refractivity contribution in [1.29, 1.82) is 0 Å². The molecule has 1 aliphatic heterocycles. The Morgan fingerprint density at radius 2 is 2.30 bits per heavy atom. The summed E-state index contributed by atoms with van der Waals surface area (Å²) in [7, 11) is 0. The van der Waals surface area contributed by atoms with E-state index in [-0.39, 0.29) is 11.9 Å². The first-order valence-corrected chi connectivity index (χ1v) is 9.07. The molecule has 2 aromatic rings. The molecule has 0 unspecified atom stereocenters. The van der Waals surface area contributed by atoms with Gasteiger partial charge < -0.3 is 9.84 Å². The Bertz CT molecular complexity index is 671. The zero-order valence-corrected chi connectivity index (χ0v) is 14.1. The van der Waals surface area contributed by atoms with E-state index in [9.17, 15) is 4.79 Å². The maximum atomic E-state index is 12.2. The number of rotatable bonds is 6. The van der Waals surface area contributed by atoms with Crippen LogP contribution in [0.3, 0.4) is 0 Å². The molecule has 0 radical (unpaired) electrons. The van der Waals surface area contributed by atoms with Crippen molar-refractivity contribution in [2.45, 2.75) is 50.0 Å². The number of amides is 1. The first kappa shape index (κ1) is 16.1. The fourth-order valence-corrected chi connectivity index (χ4v) is 3.82. The first-order valence-electron chi connectivity index (χ1n) is 8.09. The Kier molecular flexibility index (Phi) is 5.33. The number of benzene rings is 1. The fourth-order valence-electron chi connectivity index (χ4n) is 2.69. The van der Waals surface area contributed by atoms with Gasteiger partial charge in [-0.2, -0.15) is 4.98 Å². The fraction of sp³-hybridized carbons (Fsp3) is 0.471. The van der Waals surface area contributed by atoms with Crippen LogP contribution in [-0.4, -0.2) is 21.8 Å². The van der Waals surface area contributed by atoms with Crippen molar-refractivity contribution in [2.24, 2.45) is 0 Å². The lowest BCUT2D eigenvalue weighted by molar-refractivity contribution is -0.122. The van der Waals surface area contributed by atoms with E-state index in [0.717, 1.165) is 30.8 Å². The summed E-state index contributed by atoms with van der Waals surface area (Å²) in [5.74, 6) is 2.48. The van der Waals surface area contributed by atoms with Gasteiger partial charge in [0.15, 0.2) is 5.82 Å². The van der Waals surface area contributed by atoms with Gasteiger partial charge in [-0.05, 0) is 24.5 Å². The normalized spacial score (nSPS) is 16.8. The van der Waals surface area contributed by atoms with E-state index in [1.165, 1.54) is 10.5 Å². The molecule has 1 N–H and O–H groups in total. The highest BCUT2D eigenvalue weighted by Gasteiger charge is 2.21. The second kappa shape index (κ2) is 7.64. The van der Waals surface area contributed by atoms with E-state index < -0.39 is 0 Å². The van der Waals surface area contributed by atoms with Gasteiger partial charge in [0.2, 0.25) is 11.8 Å². The number of nitrogens with one attached hydrogen (secondary N) is 1. The molecular formula is C17H21N3O2S. The molecule has 122 valence electrons. The molecule has 1 aliphatic rings. The summed E-state index contributed by atoms with van der Waals surface area (Å²) in [5.41, 5.74) is 1.24. The summed E-state index contributed by atoms with van der Waals surface area (Å²) < 4.78 is 5.14. The number of fused-ring (bicyclic) bond motifs is 1. The quantitative estimate of drug-likeness (QED) is 0.879. The summed E-state index contributed by atoms with van der Waals surface area (Å²) >= 11 is 1.86. The standard InChI is InChI=1S/C17H21N3O2S/c1-2-15-19-17(22-20-15)9-5-8-16(21)18-13-10-11-23-14-7-4-3-6-12(13)14/h3-4,6-7,13H,2,5,8-11H2,1H3,(H,18,21)/t13-/m1/s1. The number of hydrogen-bond acceptors (Lipinski definition) is 5. The molecule has 23 heavy (non-hydrogen) atoms. The minimum absolute atomic E-state index is 0.0898. The van der Waals surface area contributed by atoms with E-state index in [4.69, 9.17) is 4.52 Å². The number of thioether (sulfide) groups is 1. The first-order chi connectivity index (χ1) is 11.3. The average Bonchev–Trinajstić information content (AvgIpc) is 3.03. The van der Waals surface area contributed by atoms with Crippen LogP contribution in [0.4, 0.5) is 0 Å². The van der Waals surface area contributed by atoms with E-state index in [1.54, 1.807) is 0 Å². The third-order valence-corrected chi connectivity index (χ3v) is 5.04. The van der Waals surface area contributed by atoms with Gasteiger partial charge in [0.1, 0.15) is 0 Å². The zero-order chi connectivity index (χ0) is 16.1. The Hall–Kier alpha value is -1.82. The molecule has 0 saturated heterocycles. The minimum Gasteiger partial charge on any atom is -0.349 e. The highest BCUT2D eigenvalue weighted by Crippen LogP contribution is 2.35. The number of nitrogens with zero attached hydrogens (tertiary/aromatic N) is 2. The lowest BCUT2D eigenvalue weighted by Crippen LogP contribution is -2.30. The van der Waals surface area contributed by atoms with Crippen LogP contribution < -0.4 is 5.32 Å². The molecular weight excluding hydrogens is 310 g/mol. The predicted octanol–water partition coefficient (Wildman–Crippen LogP) is 3.31. The Balaban J connectivity index is 1.48. The highest BCUT2D eigenvalue weighted by atomic mass is 32.2. The number of aromatic nitrogens is 2. The van der Waals surface area contributed by atoms with Crippen molar-refractivity contribution in [3.63, 3.8) is 0 Å². The lowest BCUT2D eigenvalue weighted by atomic mass is 10.0. The number of carbonyl (C=O) groups is 1. The Labute approximate surface area is 140 Å². The van der Waals surface area contributed by atoms with E-state index in [0.29, 0.717) is 18.7 Å². The molecule has 1 aromatic carbocycles. The van der Waals surface area contributed by atoms with Crippen LogP contribution in [0.5, 0.6) is 0 Å². The van der Waals surface area contributed by atoms with Crippen molar-refractivity contribution in [3.05, 3.63) is 41.5 Å². The number of hydrogen-bond donors (Lipinski definition) is 1. The van der Waals surface area contributed by atoms with Crippen LogP contribution in [-0.2, 0) is 17.6 Å². The Morgan fingerprint density at radius 1 is 1.43 bits per heavy atom. The zero-order valence-electron chi connectivity index (χ0n) is 13.2. The third kappa shape index (κ3) is 4.13. The van der Waals surface area contributed by atoms with Gasteiger partial charge in [-0.25, -0.2) is 0 Å². The van der Waals surface area contributed by atoms with Crippen molar-refractivity contribution in [3.8, 4) is 0 Å². The maximum absolute atomic E-state index is 12.2. The molecule has 5 nitrogen and oxygen atoms in total. The van der Waals surface area contributed by atoms with Crippen LogP contribution in [0.25, 0.3) is 0 Å². The average molecular weight is 331 g/mol. The molecule has 2 heterocycles. The maximum Gasteiger partial charge on any atom is 0.226 e. The summed E-state index contributed by atoms with van der Waals surface area (Å²) in [6.45, 7) is 1.99. The van der Waals surface area contributed by atoms with Gasteiger partial charge >= 0.3 is 0 Å². The molecule has 0 spiro atoms. The van der Waals surface area contributed by atoms with Crippen LogP contribution in [0.2, 0.25) is 0 Å². The summed E-state index contributed by atoms with van der Waals surface area (Å²) in [6, 6.07) is 8.45. The molecule has 1 aromatic heterocycles. The van der Waals surface area contributed by atoms with Gasteiger partial charge in [0, 0.05) is 29.9 Å². The number of aryl methyl sites for hydroxylation is 2. The summed E-state index contributed by atoms with van der Waals surface area (Å²) in [5, 5.41) is 7.02. The molecule has 0 saturated carbocycles. The van der Waals surface area contributed by atoms with Crippen LogP contribution >= 0.6 is 11.8 Å². The Morgan fingerprint density at radius 3 is 3.13 bits per heavy atom. The van der Waals surface area contributed by atoms with Gasteiger partial charge in [0.25, 0.3) is 0 Å². The monoisotopic (exact) mass is 331 g/mol. The highest BCUT2D eigenvalue weighted by molar-refractivity contribution is 7.99. The van der Waals surface area contributed by atoms with Crippen molar-refractivity contribution in [1.82, 2.24) is 15.5 Å². The summed E-state index contributed by atoms with van der Waals surface area (Å²) in [4.78, 5) is 17.7. The van der Waals surface area contributed by atoms with Gasteiger partial charge in [-0.1, -0.05) is 30.3 Å². The van der Waals surface area contributed by atoms with Crippen molar-refractivity contribution in [2.75, 3.05) is 5.75 Å². The molecule has 6 heteroatoms. The topological polar surface area (TPSA) is 68.0 Å². The smallest absolute Gasteiger partial charge is 0.226 e. The molecule has 1 atom stereocenters. The van der Waals surface area contributed by atoms with Crippen molar-refractivity contribution < 1.29 is 9.32 Å². The molecule has 0 fully saturated rings. The third-order valence-electron chi connectivity index (χ3n) is 3.91. The van der Waals surface area contributed by atoms with E-state index in [2.05, 4.69) is 27.6 Å². The van der Waals surface area contributed by atoms with Gasteiger partial charge in [0.05, 0.1) is 6.04 Å². The number of carbonyl (C=O) groups excluding carboxylic acids is 1. The lowest BCUT2D eigenvalue weighted by Gasteiger charge is -2.25. The van der Waals surface area contributed by atoms with Crippen molar-refractivity contribution >= 4 is 17.7 Å². The van der Waals surface area contributed by atoms with E-state index >= 15 is 0 Å². The molecule has 0 bridgehead atoms. The minimum atomic E-state index is 0.0898. The second-order valence-electron chi connectivity index (χ2n) is 5.61. The van der Waals surface area contributed by atoms with Crippen LogP contribution in [0.15, 0.2) is 33.7 Å². The van der Waals surface area contributed by atoms with Crippen LogP contribution in [0, 0.1) is 0 Å². The molecule has 3 rings (SSSR count). The SMILES string of the molecule is CCc1noc(CCCC(=O)N[C@@H]2CCSc3ccccc32)n1. The molecule has 1 amide bonds. The summed E-state index contributed by atoms with van der Waals surface area (Å²) in [6.07, 6.45) is 3.60. The van der Waals surface area contributed by atoms with Crippen LogP contribution in [0.1, 0.15) is 49.5 Å². The largest absolute Gasteiger partial charge is 0.349 e. The van der Waals surface area contributed by atoms with E-state index in [1.807, 2.05) is 30.8 Å².